The zero-order valence-electron chi connectivity index (χ0n) is 15.3. The second-order valence-corrected chi connectivity index (χ2v) is 6.04. The molecule has 0 atom stereocenters. The van der Waals surface area contributed by atoms with E-state index in [0.29, 0.717) is 19.0 Å². The monoisotopic (exact) mass is 499 g/mol. The number of halogens is 2. The number of benzene rings is 1. The third-order valence-corrected chi connectivity index (χ3v) is 4.26. The maximum absolute atomic E-state index is 13.0. The number of nitrogens with zero attached hydrogens (tertiary/aromatic N) is 5. The number of aliphatic imine (C=N–C) groups is 1. The third kappa shape index (κ3) is 6.01. The molecule has 1 saturated heterocycles. The number of rotatable bonds is 5. The van der Waals surface area contributed by atoms with E-state index in [1.165, 1.54) is 30.7 Å². The van der Waals surface area contributed by atoms with Gasteiger partial charge in [-0.05, 0) is 24.3 Å². The molecule has 8 nitrogen and oxygen atoms in total. The quantitative estimate of drug-likeness (QED) is 0.277. The molecule has 1 aliphatic heterocycles. The van der Waals surface area contributed by atoms with E-state index in [0.717, 1.165) is 31.9 Å². The second-order valence-electron chi connectivity index (χ2n) is 6.04. The average Bonchev–Trinajstić information content (AvgIpc) is 2.72. The molecule has 150 valence electrons. The first-order valence-corrected chi connectivity index (χ1v) is 8.73. The van der Waals surface area contributed by atoms with E-state index in [1.807, 2.05) is 4.90 Å². The van der Waals surface area contributed by atoms with Crippen LogP contribution in [-0.2, 0) is 0 Å². The van der Waals surface area contributed by atoms with Gasteiger partial charge in [0.25, 0.3) is 5.91 Å². The summed E-state index contributed by atoms with van der Waals surface area (Å²) >= 11 is 0. The van der Waals surface area contributed by atoms with E-state index >= 15 is 0 Å². The maximum Gasteiger partial charge on any atom is 0.271 e. The molecule has 10 heteroatoms. The van der Waals surface area contributed by atoms with Crippen molar-refractivity contribution in [1.29, 1.82) is 0 Å². The van der Waals surface area contributed by atoms with Crippen molar-refractivity contribution in [3.05, 3.63) is 54.4 Å². The van der Waals surface area contributed by atoms with Crippen molar-refractivity contribution in [2.75, 3.05) is 44.2 Å². The molecule has 1 amide bonds. The molecule has 1 aliphatic rings. The predicted octanol–water partition coefficient (Wildman–Crippen LogP) is 1.10. The summed E-state index contributed by atoms with van der Waals surface area (Å²) in [7, 11) is 0. The molecule has 0 saturated carbocycles. The minimum absolute atomic E-state index is 0. The lowest BCUT2D eigenvalue weighted by Crippen LogP contribution is -2.51. The summed E-state index contributed by atoms with van der Waals surface area (Å²) in [5, 5.41) is 2.73. The summed E-state index contributed by atoms with van der Waals surface area (Å²) in [6, 6.07) is 6.49. The van der Waals surface area contributed by atoms with Crippen LogP contribution in [0.1, 0.15) is 10.5 Å². The molecule has 1 aromatic heterocycles. The first kappa shape index (κ1) is 21.8. The number of anilines is 1. The molecule has 0 unspecified atom stereocenters. The van der Waals surface area contributed by atoms with Gasteiger partial charge < -0.3 is 20.9 Å². The lowest BCUT2D eigenvalue weighted by Gasteiger charge is -2.36. The third-order valence-electron chi connectivity index (χ3n) is 4.26. The molecular formula is C18H23FIN7O. The Balaban J connectivity index is 0.00000280. The van der Waals surface area contributed by atoms with Crippen molar-refractivity contribution in [2.24, 2.45) is 10.7 Å². The fraction of sp³-hybridized carbons (Fsp3) is 0.333. The number of carbonyl (C=O) groups is 1. The Kier molecular flexibility index (Phi) is 8.36. The van der Waals surface area contributed by atoms with Gasteiger partial charge >= 0.3 is 0 Å². The van der Waals surface area contributed by atoms with Crippen LogP contribution in [0.3, 0.4) is 0 Å². The molecule has 0 spiro atoms. The van der Waals surface area contributed by atoms with E-state index in [4.69, 9.17) is 5.73 Å². The molecule has 3 rings (SSSR count). The summed E-state index contributed by atoms with van der Waals surface area (Å²) in [4.78, 5) is 28.2. The number of amides is 1. The van der Waals surface area contributed by atoms with Crippen molar-refractivity contribution in [1.82, 2.24) is 20.2 Å². The summed E-state index contributed by atoms with van der Waals surface area (Å²) in [5.74, 6) is -0.0625. The number of nitrogens with two attached hydrogens (primary N) is 1. The Morgan fingerprint density at radius 3 is 2.54 bits per heavy atom. The van der Waals surface area contributed by atoms with Crippen LogP contribution in [0.4, 0.5) is 10.1 Å². The van der Waals surface area contributed by atoms with Gasteiger partial charge in [0.15, 0.2) is 5.96 Å². The minimum Gasteiger partial charge on any atom is -0.370 e. The van der Waals surface area contributed by atoms with Crippen LogP contribution in [0.15, 0.2) is 47.8 Å². The van der Waals surface area contributed by atoms with Gasteiger partial charge in [0.1, 0.15) is 11.5 Å². The first-order valence-electron chi connectivity index (χ1n) is 8.73. The zero-order valence-corrected chi connectivity index (χ0v) is 17.6. The summed E-state index contributed by atoms with van der Waals surface area (Å²) in [6.45, 7) is 3.79. The highest BCUT2D eigenvalue weighted by Crippen LogP contribution is 2.16. The number of hydrogen-bond donors (Lipinski definition) is 2. The molecule has 1 aromatic carbocycles. The standard InChI is InChI=1S/C18H22FN7O.HI/c19-14-1-3-15(4-2-14)25-9-11-26(12-10-25)18(20)24-8-7-23-17(27)16-13-21-5-6-22-16;/h1-6,13H,7-12H2,(H2,20,24)(H,23,27);1H. The second kappa shape index (κ2) is 10.7. The normalized spacial score (nSPS) is 14.4. The van der Waals surface area contributed by atoms with Crippen LogP contribution >= 0.6 is 24.0 Å². The van der Waals surface area contributed by atoms with E-state index in [9.17, 15) is 9.18 Å². The number of guanidine groups is 1. The van der Waals surface area contributed by atoms with E-state index in [1.54, 1.807) is 12.1 Å². The Bertz CT molecular complexity index is 780. The van der Waals surface area contributed by atoms with Gasteiger partial charge in [-0.1, -0.05) is 0 Å². The summed E-state index contributed by atoms with van der Waals surface area (Å²) in [5.41, 5.74) is 7.32. The van der Waals surface area contributed by atoms with Crippen molar-refractivity contribution >= 4 is 41.5 Å². The average molecular weight is 499 g/mol. The van der Waals surface area contributed by atoms with Crippen molar-refractivity contribution in [2.45, 2.75) is 0 Å². The molecule has 28 heavy (non-hydrogen) atoms. The summed E-state index contributed by atoms with van der Waals surface area (Å²) < 4.78 is 13.0. The van der Waals surface area contributed by atoms with Gasteiger partial charge in [0.2, 0.25) is 0 Å². The topological polar surface area (TPSA) is 99.7 Å². The first-order chi connectivity index (χ1) is 13.1. The van der Waals surface area contributed by atoms with E-state index < -0.39 is 0 Å². The molecule has 2 aromatic rings. The molecule has 2 heterocycles. The number of carbonyl (C=O) groups excluding carboxylic acids is 1. The smallest absolute Gasteiger partial charge is 0.271 e. The van der Waals surface area contributed by atoms with E-state index in [-0.39, 0.29) is 41.4 Å². The Morgan fingerprint density at radius 1 is 1.18 bits per heavy atom. The molecule has 0 bridgehead atoms. The number of aromatic nitrogens is 2. The minimum atomic E-state index is -0.287. The zero-order chi connectivity index (χ0) is 19.1. The number of piperazine rings is 1. The Labute approximate surface area is 180 Å². The molecule has 1 fully saturated rings. The number of nitrogens with one attached hydrogen (secondary N) is 1. The van der Waals surface area contributed by atoms with Crippen LogP contribution in [0.25, 0.3) is 0 Å². The predicted molar refractivity (Wildman–Crippen MR) is 116 cm³/mol. The fourth-order valence-electron chi connectivity index (χ4n) is 2.79. The fourth-order valence-corrected chi connectivity index (χ4v) is 2.79. The van der Waals surface area contributed by atoms with Crippen LogP contribution in [0.5, 0.6) is 0 Å². The molecule has 3 N–H and O–H groups in total. The Morgan fingerprint density at radius 2 is 1.89 bits per heavy atom. The SMILES string of the molecule is I.NC(=NCCNC(=O)c1cnccn1)N1CCN(c2ccc(F)cc2)CC1. The Hall–Kier alpha value is -2.50. The van der Waals surface area contributed by atoms with Gasteiger partial charge in [0, 0.05) is 50.8 Å². The lowest BCUT2D eigenvalue weighted by atomic mass is 10.2. The molecular weight excluding hydrogens is 476 g/mol. The van der Waals surface area contributed by atoms with Gasteiger partial charge in [-0.25, -0.2) is 9.37 Å². The van der Waals surface area contributed by atoms with Gasteiger partial charge in [-0.2, -0.15) is 0 Å². The largest absolute Gasteiger partial charge is 0.370 e. The van der Waals surface area contributed by atoms with Gasteiger partial charge in [-0.3, -0.25) is 14.8 Å². The van der Waals surface area contributed by atoms with E-state index in [2.05, 4.69) is 25.2 Å². The molecule has 0 aliphatic carbocycles. The van der Waals surface area contributed by atoms with Crippen molar-refractivity contribution in [3.8, 4) is 0 Å². The van der Waals surface area contributed by atoms with Crippen LogP contribution < -0.4 is 16.0 Å². The van der Waals surface area contributed by atoms with Crippen molar-refractivity contribution in [3.63, 3.8) is 0 Å². The molecule has 0 radical (unpaired) electrons. The number of hydrogen-bond acceptors (Lipinski definition) is 5. The summed E-state index contributed by atoms with van der Waals surface area (Å²) in [6.07, 6.45) is 4.39. The highest BCUT2D eigenvalue weighted by Gasteiger charge is 2.18. The van der Waals surface area contributed by atoms with Crippen LogP contribution in [0.2, 0.25) is 0 Å². The lowest BCUT2D eigenvalue weighted by molar-refractivity contribution is 0.0949. The maximum atomic E-state index is 13.0. The van der Waals surface area contributed by atoms with Crippen molar-refractivity contribution < 1.29 is 9.18 Å². The highest BCUT2D eigenvalue weighted by molar-refractivity contribution is 14.0. The van der Waals surface area contributed by atoms with Gasteiger partial charge in [0.05, 0.1) is 12.7 Å². The van der Waals surface area contributed by atoms with Gasteiger partial charge in [-0.15, -0.1) is 24.0 Å². The van der Waals surface area contributed by atoms with Crippen LogP contribution in [-0.4, -0.2) is 66.0 Å². The van der Waals surface area contributed by atoms with Crippen LogP contribution in [0, 0.1) is 5.82 Å². The highest BCUT2D eigenvalue weighted by atomic mass is 127.